The Balaban J connectivity index is 2.70. The molecule has 0 fully saturated rings. The second kappa shape index (κ2) is 1.50. The predicted molar refractivity (Wildman–Crippen MR) is 44.2 cm³/mol. The van der Waals surface area contributed by atoms with Gasteiger partial charge in [-0.15, -0.1) is 0 Å². The van der Waals surface area contributed by atoms with Crippen molar-refractivity contribution in [3.8, 4) is 0 Å². The zero-order valence-corrected chi connectivity index (χ0v) is 6.34. The lowest BCUT2D eigenvalue weighted by molar-refractivity contribution is 1.79. The van der Waals surface area contributed by atoms with Crippen molar-refractivity contribution >= 4 is 40.8 Å². The molecule has 2 rings (SSSR count). The molecular formula is C6H3BI. The minimum Gasteiger partial charge on any atom is -0.0860 e. The maximum Gasteiger partial charge on any atom is 0.191 e. The fourth-order valence-corrected chi connectivity index (χ4v) is 1.46. The second-order valence-electron chi connectivity index (χ2n) is 1.89. The first kappa shape index (κ1) is 4.85. The molecule has 0 atom stereocenters. The average molecular weight is 213 g/mol. The first-order valence-electron chi connectivity index (χ1n) is 2.51. The minimum atomic E-state index is 1.38. The highest BCUT2D eigenvalue weighted by Gasteiger charge is 2.19. The van der Waals surface area contributed by atoms with Crippen molar-refractivity contribution in [3.05, 3.63) is 21.8 Å². The molecule has 1 aliphatic heterocycles. The van der Waals surface area contributed by atoms with Crippen molar-refractivity contribution in [2.45, 2.75) is 0 Å². The van der Waals surface area contributed by atoms with Crippen LogP contribution in [0.2, 0.25) is 0 Å². The van der Waals surface area contributed by atoms with Crippen LogP contribution >= 0.6 is 22.6 Å². The molecule has 37 valence electrons. The lowest BCUT2D eigenvalue weighted by Gasteiger charge is -1.81. The van der Waals surface area contributed by atoms with Crippen molar-refractivity contribution in [2.75, 3.05) is 0 Å². The van der Waals surface area contributed by atoms with Crippen LogP contribution in [0.25, 0.3) is 0 Å². The Kier molecular flexibility index (Phi) is 0.909. The van der Waals surface area contributed by atoms with E-state index in [1.807, 2.05) is 0 Å². The lowest BCUT2D eigenvalue weighted by Crippen LogP contribution is -1.91. The van der Waals surface area contributed by atoms with E-state index in [2.05, 4.69) is 48.1 Å². The third-order valence-electron chi connectivity index (χ3n) is 1.30. The summed E-state index contributed by atoms with van der Waals surface area (Å²) in [4.78, 5) is 0. The Morgan fingerprint density at radius 2 is 2.25 bits per heavy atom. The highest BCUT2D eigenvalue weighted by molar-refractivity contribution is 14.1. The van der Waals surface area contributed by atoms with Crippen molar-refractivity contribution in [1.29, 1.82) is 0 Å². The van der Waals surface area contributed by atoms with Crippen molar-refractivity contribution in [2.24, 2.45) is 0 Å². The summed E-state index contributed by atoms with van der Waals surface area (Å²) in [6, 6.07) is 6.35. The molecule has 0 nitrogen and oxygen atoms in total. The van der Waals surface area contributed by atoms with E-state index >= 15 is 0 Å². The third-order valence-corrected chi connectivity index (χ3v) is 2.24. The van der Waals surface area contributed by atoms with Crippen LogP contribution in [0, 0.1) is 3.57 Å². The number of hydrogen-bond donors (Lipinski definition) is 0. The SMILES string of the molecule is Ic1cccc2c1[B]2. The fraction of sp³-hybridized carbons (Fsp3) is 0. The van der Waals surface area contributed by atoms with Gasteiger partial charge in [0.05, 0.1) is 0 Å². The third kappa shape index (κ3) is 0.590. The monoisotopic (exact) mass is 213 g/mol. The van der Waals surface area contributed by atoms with Crippen LogP contribution in [0.15, 0.2) is 18.2 Å². The number of rotatable bonds is 0. The zero-order chi connectivity index (χ0) is 5.56. The molecule has 1 heterocycles. The van der Waals surface area contributed by atoms with Gasteiger partial charge in [-0.3, -0.25) is 0 Å². The molecule has 0 bridgehead atoms. The maximum atomic E-state index is 2.35. The number of fused-ring (bicyclic) bond motifs is 1. The number of hydrogen-bond acceptors (Lipinski definition) is 0. The van der Waals surface area contributed by atoms with Gasteiger partial charge in [-0.1, -0.05) is 23.1 Å². The van der Waals surface area contributed by atoms with E-state index in [1.54, 1.807) is 0 Å². The molecule has 0 aromatic heterocycles. The quantitative estimate of drug-likeness (QED) is 0.434. The van der Waals surface area contributed by atoms with Gasteiger partial charge >= 0.3 is 0 Å². The molecule has 0 spiro atoms. The molecule has 0 saturated carbocycles. The number of halogens is 1. The van der Waals surface area contributed by atoms with Gasteiger partial charge in [0.1, 0.15) is 0 Å². The van der Waals surface area contributed by atoms with E-state index in [0.717, 1.165) is 0 Å². The topological polar surface area (TPSA) is 0 Å². The second-order valence-corrected chi connectivity index (χ2v) is 3.05. The number of benzene rings is 1. The van der Waals surface area contributed by atoms with Gasteiger partial charge in [0.25, 0.3) is 0 Å². The van der Waals surface area contributed by atoms with Crippen LogP contribution in [0.5, 0.6) is 0 Å². The van der Waals surface area contributed by atoms with E-state index < -0.39 is 0 Å². The Labute approximate surface area is 62.7 Å². The van der Waals surface area contributed by atoms with Gasteiger partial charge in [0, 0.05) is 3.57 Å². The summed E-state index contributed by atoms with van der Waals surface area (Å²) in [5, 5.41) is 0. The first-order chi connectivity index (χ1) is 3.88. The summed E-state index contributed by atoms with van der Waals surface area (Å²) >= 11 is 2.35. The molecule has 1 aromatic carbocycles. The predicted octanol–water partition coefficient (Wildman–Crippen LogP) is 0.260. The minimum absolute atomic E-state index is 1.38. The molecule has 0 saturated heterocycles. The Hall–Kier alpha value is 0.0149. The standard InChI is InChI=1S/C6H3BI/c8-5-3-1-2-4-6(5)7-4/h1-3H. The summed E-state index contributed by atoms with van der Waals surface area (Å²) in [5.74, 6) is 0. The van der Waals surface area contributed by atoms with Gasteiger partial charge in [-0.05, 0) is 28.7 Å². The van der Waals surface area contributed by atoms with E-state index in [9.17, 15) is 0 Å². The van der Waals surface area contributed by atoms with Crippen LogP contribution < -0.4 is 10.9 Å². The van der Waals surface area contributed by atoms with E-state index in [0.29, 0.717) is 0 Å². The Morgan fingerprint density at radius 1 is 1.38 bits per heavy atom. The van der Waals surface area contributed by atoms with Crippen LogP contribution in [0.3, 0.4) is 0 Å². The normalized spacial score (nSPS) is 12.1. The zero-order valence-electron chi connectivity index (χ0n) is 4.19. The van der Waals surface area contributed by atoms with Gasteiger partial charge < -0.3 is 0 Å². The smallest absolute Gasteiger partial charge is 0.0860 e. The van der Waals surface area contributed by atoms with Crippen molar-refractivity contribution in [1.82, 2.24) is 0 Å². The molecule has 2 heteroatoms. The summed E-state index contributed by atoms with van der Waals surface area (Å²) in [5.41, 5.74) is 2.85. The summed E-state index contributed by atoms with van der Waals surface area (Å²) in [6.07, 6.45) is 0. The van der Waals surface area contributed by atoms with Crippen LogP contribution in [-0.4, -0.2) is 7.28 Å². The molecule has 1 aromatic rings. The molecule has 0 N–H and O–H groups in total. The van der Waals surface area contributed by atoms with Crippen LogP contribution in [-0.2, 0) is 0 Å². The molecule has 0 aliphatic carbocycles. The molecule has 8 heavy (non-hydrogen) atoms. The van der Waals surface area contributed by atoms with E-state index in [-0.39, 0.29) is 0 Å². The largest absolute Gasteiger partial charge is 0.191 e. The molecular weight excluding hydrogens is 210 g/mol. The lowest BCUT2D eigenvalue weighted by atomic mass is 10.00. The summed E-state index contributed by atoms with van der Waals surface area (Å²) in [7, 11) is 2.20. The fourth-order valence-electron chi connectivity index (χ4n) is 0.790. The summed E-state index contributed by atoms with van der Waals surface area (Å²) in [6.45, 7) is 0. The highest BCUT2D eigenvalue weighted by Crippen LogP contribution is 2.02. The van der Waals surface area contributed by atoms with Gasteiger partial charge in [0.15, 0.2) is 7.28 Å². The van der Waals surface area contributed by atoms with E-state index in [1.165, 1.54) is 14.5 Å². The van der Waals surface area contributed by atoms with Crippen molar-refractivity contribution < 1.29 is 0 Å². The van der Waals surface area contributed by atoms with Crippen molar-refractivity contribution in [3.63, 3.8) is 0 Å². The molecule has 0 amide bonds. The first-order valence-corrected chi connectivity index (χ1v) is 3.59. The van der Waals surface area contributed by atoms with Gasteiger partial charge in [-0.25, -0.2) is 0 Å². The molecule has 0 unspecified atom stereocenters. The van der Waals surface area contributed by atoms with E-state index in [4.69, 9.17) is 0 Å². The van der Waals surface area contributed by atoms with Gasteiger partial charge in [0.2, 0.25) is 0 Å². The maximum absolute atomic E-state index is 2.35. The van der Waals surface area contributed by atoms with Crippen LogP contribution in [0.1, 0.15) is 0 Å². The Morgan fingerprint density at radius 3 is 2.88 bits per heavy atom. The summed E-state index contributed by atoms with van der Waals surface area (Å²) < 4.78 is 1.38. The molecule has 1 radical (unpaired) electrons. The molecule has 1 aliphatic rings. The average Bonchev–Trinajstić information content (AvgIpc) is 2.45. The highest BCUT2D eigenvalue weighted by atomic mass is 127. The van der Waals surface area contributed by atoms with Crippen LogP contribution in [0.4, 0.5) is 0 Å². The Bertz CT molecular complexity index is 232. The van der Waals surface area contributed by atoms with Gasteiger partial charge in [-0.2, -0.15) is 0 Å².